The molecule has 0 saturated heterocycles. The molecule has 1 atom stereocenters. The van der Waals surface area contributed by atoms with E-state index in [-0.39, 0.29) is 12.2 Å². The van der Waals surface area contributed by atoms with Crippen LogP contribution in [0.5, 0.6) is 5.75 Å². The lowest BCUT2D eigenvalue weighted by atomic mass is 10.1. The van der Waals surface area contributed by atoms with Crippen molar-refractivity contribution in [1.29, 1.82) is 0 Å². The maximum atomic E-state index is 13.5. The summed E-state index contributed by atoms with van der Waals surface area (Å²) in [5, 5.41) is 3.18. The summed E-state index contributed by atoms with van der Waals surface area (Å²) in [5.74, 6) is -0.418. The number of ether oxygens (including phenoxy) is 1. The van der Waals surface area contributed by atoms with Crippen LogP contribution in [0.25, 0.3) is 0 Å². The second kappa shape index (κ2) is 13.0. The Morgan fingerprint density at radius 2 is 1.61 bits per heavy atom. The molecule has 1 N–H and O–H groups in total. The Morgan fingerprint density at radius 3 is 2.18 bits per heavy atom. The third kappa shape index (κ3) is 7.86. The number of carbonyl (C=O) groups excluding carboxylic acids is 2. The van der Waals surface area contributed by atoms with Crippen LogP contribution < -0.4 is 14.4 Å². The lowest BCUT2D eigenvalue weighted by Gasteiger charge is -2.31. The Hall–Kier alpha value is -3.27. The highest BCUT2D eigenvalue weighted by atomic mass is 35.5. The quantitative estimate of drug-likeness (QED) is 0.362. The molecule has 3 aromatic rings. The van der Waals surface area contributed by atoms with Gasteiger partial charge in [0.25, 0.3) is 0 Å². The van der Waals surface area contributed by atoms with Gasteiger partial charge in [-0.3, -0.25) is 13.9 Å². The van der Waals surface area contributed by atoms with Crippen LogP contribution in [0.15, 0.2) is 72.8 Å². The van der Waals surface area contributed by atoms with Crippen molar-refractivity contribution in [3.8, 4) is 5.75 Å². The molecule has 0 bridgehead atoms. The lowest BCUT2D eigenvalue weighted by Crippen LogP contribution is -2.50. The molecule has 8 nitrogen and oxygen atoms in total. The van der Waals surface area contributed by atoms with Crippen molar-refractivity contribution < 1.29 is 22.7 Å². The molecule has 0 fully saturated rings. The molecule has 3 rings (SSSR count). The minimum Gasteiger partial charge on any atom is -0.489 e. The molecule has 3 aromatic carbocycles. The van der Waals surface area contributed by atoms with Gasteiger partial charge in [-0.15, -0.1) is 0 Å². The van der Waals surface area contributed by atoms with Gasteiger partial charge in [0.05, 0.1) is 22.0 Å². The molecule has 0 aromatic heterocycles. The van der Waals surface area contributed by atoms with Gasteiger partial charge in [-0.2, -0.15) is 0 Å². The van der Waals surface area contributed by atoms with E-state index in [1.165, 1.54) is 11.9 Å². The van der Waals surface area contributed by atoms with Crippen LogP contribution in [0.3, 0.4) is 0 Å². The average Bonchev–Trinajstić information content (AvgIpc) is 2.90. The zero-order valence-electron chi connectivity index (χ0n) is 21.2. The molecular formula is C27H29Cl2N3O5S. The lowest BCUT2D eigenvalue weighted by molar-refractivity contribution is -0.139. The van der Waals surface area contributed by atoms with Gasteiger partial charge in [0.1, 0.15) is 24.9 Å². The summed E-state index contributed by atoms with van der Waals surface area (Å²) < 4.78 is 32.2. The Balaban J connectivity index is 1.82. The maximum Gasteiger partial charge on any atom is 0.244 e. The number of halogens is 2. The van der Waals surface area contributed by atoms with E-state index in [2.05, 4.69) is 5.32 Å². The molecule has 0 unspecified atom stereocenters. The number of carbonyl (C=O) groups is 2. The molecular weight excluding hydrogens is 549 g/mol. The van der Waals surface area contributed by atoms with Crippen LogP contribution in [0.1, 0.15) is 18.1 Å². The van der Waals surface area contributed by atoms with E-state index < -0.39 is 34.4 Å². The van der Waals surface area contributed by atoms with Gasteiger partial charge < -0.3 is 15.0 Å². The van der Waals surface area contributed by atoms with Crippen molar-refractivity contribution in [2.24, 2.45) is 0 Å². The highest BCUT2D eigenvalue weighted by Crippen LogP contribution is 2.25. The Kier molecular flexibility index (Phi) is 10.0. The predicted molar refractivity (Wildman–Crippen MR) is 150 cm³/mol. The number of hydrogen-bond acceptors (Lipinski definition) is 5. The number of nitrogens with one attached hydrogen (secondary N) is 1. The largest absolute Gasteiger partial charge is 0.489 e. The van der Waals surface area contributed by atoms with E-state index in [0.717, 1.165) is 16.1 Å². The summed E-state index contributed by atoms with van der Waals surface area (Å²) in [6.45, 7) is 1.44. The fourth-order valence-corrected chi connectivity index (χ4v) is 4.86. The summed E-state index contributed by atoms with van der Waals surface area (Å²) in [6.07, 6.45) is 1.02. The summed E-state index contributed by atoms with van der Waals surface area (Å²) in [6, 6.07) is 20.1. The highest BCUT2D eigenvalue weighted by molar-refractivity contribution is 7.92. The van der Waals surface area contributed by atoms with Crippen molar-refractivity contribution in [2.75, 3.05) is 24.2 Å². The zero-order valence-corrected chi connectivity index (χ0v) is 23.6. The molecule has 0 radical (unpaired) electrons. The zero-order chi connectivity index (χ0) is 27.9. The smallest absolute Gasteiger partial charge is 0.244 e. The van der Waals surface area contributed by atoms with Crippen molar-refractivity contribution in [3.05, 3.63) is 94.0 Å². The Morgan fingerprint density at radius 1 is 0.947 bits per heavy atom. The number of anilines is 1. The van der Waals surface area contributed by atoms with E-state index in [9.17, 15) is 18.0 Å². The van der Waals surface area contributed by atoms with Crippen molar-refractivity contribution >= 4 is 50.7 Å². The van der Waals surface area contributed by atoms with E-state index in [1.807, 2.05) is 30.3 Å². The van der Waals surface area contributed by atoms with E-state index in [4.69, 9.17) is 27.9 Å². The SMILES string of the molecule is CNC(=O)[C@H](C)N(Cc1ccc(Cl)c(Cl)c1)C(=O)CN(c1ccc(OCc2ccccc2)cc1)S(C)(=O)=O. The van der Waals surface area contributed by atoms with Gasteiger partial charge in [0.2, 0.25) is 21.8 Å². The number of nitrogens with zero attached hydrogens (tertiary/aromatic N) is 2. The molecule has 0 aliphatic carbocycles. The van der Waals surface area contributed by atoms with Crippen molar-refractivity contribution in [3.63, 3.8) is 0 Å². The van der Waals surface area contributed by atoms with Crippen LogP contribution in [0, 0.1) is 0 Å². The molecule has 0 saturated carbocycles. The number of sulfonamides is 1. The fraction of sp³-hybridized carbons (Fsp3) is 0.259. The highest BCUT2D eigenvalue weighted by Gasteiger charge is 2.29. The molecule has 11 heteroatoms. The second-order valence-electron chi connectivity index (χ2n) is 8.60. The maximum absolute atomic E-state index is 13.5. The number of hydrogen-bond donors (Lipinski definition) is 1. The van der Waals surface area contributed by atoms with Crippen LogP contribution in [0.4, 0.5) is 5.69 Å². The van der Waals surface area contributed by atoms with Gasteiger partial charge >= 0.3 is 0 Å². The minimum absolute atomic E-state index is 0.0220. The number of likely N-dealkylation sites (N-methyl/N-ethyl adjacent to an activating group) is 1. The van der Waals surface area contributed by atoms with Gasteiger partial charge in [-0.25, -0.2) is 8.42 Å². The van der Waals surface area contributed by atoms with Gasteiger partial charge in [0.15, 0.2) is 0 Å². The van der Waals surface area contributed by atoms with E-state index >= 15 is 0 Å². The third-order valence-electron chi connectivity index (χ3n) is 5.80. The van der Waals surface area contributed by atoms with Gasteiger partial charge in [-0.1, -0.05) is 59.6 Å². The Labute approximate surface area is 233 Å². The number of amides is 2. The second-order valence-corrected chi connectivity index (χ2v) is 11.3. The minimum atomic E-state index is -3.85. The molecule has 2 amide bonds. The predicted octanol–water partition coefficient (Wildman–Crippen LogP) is 4.50. The Bertz CT molecular complexity index is 1370. The molecule has 202 valence electrons. The van der Waals surface area contributed by atoms with E-state index in [1.54, 1.807) is 49.4 Å². The normalized spacial score (nSPS) is 11.9. The summed E-state index contributed by atoms with van der Waals surface area (Å²) in [4.78, 5) is 27.2. The van der Waals surface area contributed by atoms with E-state index in [0.29, 0.717) is 28.0 Å². The van der Waals surface area contributed by atoms with Gasteiger partial charge in [0, 0.05) is 13.6 Å². The molecule has 0 aliphatic heterocycles. The summed E-state index contributed by atoms with van der Waals surface area (Å²) >= 11 is 12.1. The first-order valence-corrected chi connectivity index (χ1v) is 14.3. The third-order valence-corrected chi connectivity index (χ3v) is 7.68. The average molecular weight is 579 g/mol. The first-order chi connectivity index (χ1) is 18.0. The molecule has 0 aliphatic rings. The molecule has 38 heavy (non-hydrogen) atoms. The van der Waals surface area contributed by atoms with Crippen molar-refractivity contribution in [2.45, 2.75) is 26.1 Å². The van der Waals surface area contributed by atoms with Crippen LogP contribution in [0.2, 0.25) is 10.0 Å². The summed E-state index contributed by atoms with van der Waals surface area (Å²) in [5.41, 5.74) is 1.91. The topological polar surface area (TPSA) is 96.0 Å². The first kappa shape index (κ1) is 29.3. The van der Waals surface area contributed by atoms with Crippen LogP contribution in [-0.4, -0.2) is 51.0 Å². The fourth-order valence-electron chi connectivity index (χ4n) is 3.69. The monoisotopic (exact) mass is 577 g/mol. The summed E-state index contributed by atoms with van der Waals surface area (Å²) in [7, 11) is -2.38. The van der Waals surface area contributed by atoms with Crippen LogP contribution in [-0.2, 0) is 32.8 Å². The molecule has 0 spiro atoms. The van der Waals surface area contributed by atoms with Gasteiger partial charge in [-0.05, 0) is 54.4 Å². The number of benzene rings is 3. The molecule has 0 heterocycles. The van der Waals surface area contributed by atoms with Crippen LogP contribution >= 0.6 is 23.2 Å². The standard InChI is InChI=1S/C27H29Cl2N3O5S/c1-19(27(34)30-2)31(16-21-9-14-24(28)25(29)15-21)26(33)17-32(38(3,35)36)22-10-12-23(13-11-22)37-18-20-7-5-4-6-8-20/h4-15,19H,16-18H2,1-3H3,(H,30,34)/t19-/m0/s1. The first-order valence-electron chi connectivity index (χ1n) is 11.7. The van der Waals surface area contributed by atoms with Crippen molar-refractivity contribution in [1.82, 2.24) is 10.2 Å². The number of rotatable bonds is 11.